The fourth-order valence-corrected chi connectivity index (χ4v) is 5.91. The third-order valence-electron chi connectivity index (χ3n) is 6.78. The smallest absolute Gasteiger partial charge is 0.270 e. The zero-order chi connectivity index (χ0) is 30.1. The fraction of sp³-hybridized carbons (Fsp3) is 0.0667. The van der Waals surface area contributed by atoms with Crippen LogP contribution in [0.3, 0.4) is 0 Å². The molecule has 214 valence electrons. The number of hydrogen-bond donors (Lipinski definition) is 1. The quantitative estimate of drug-likeness (QED) is 0.107. The molecule has 43 heavy (non-hydrogen) atoms. The van der Waals surface area contributed by atoms with Crippen molar-refractivity contribution in [2.24, 2.45) is 4.99 Å². The molecule has 11 nitrogen and oxygen atoms in total. The molecule has 6 rings (SSSR count). The summed E-state index contributed by atoms with van der Waals surface area (Å²) < 4.78 is 5.93. The maximum absolute atomic E-state index is 13.6. The summed E-state index contributed by atoms with van der Waals surface area (Å²) in [5.41, 5.74) is 2.80. The first-order valence-corrected chi connectivity index (χ1v) is 14.1. The molecule has 13 heteroatoms. The molecule has 1 fully saturated rings. The van der Waals surface area contributed by atoms with Crippen molar-refractivity contribution in [3.8, 4) is 11.3 Å². The molecule has 0 spiro atoms. The second kappa shape index (κ2) is 11.6. The van der Waals surface area contributed by atoms with Crippen LogP contribution in [-0.2, 0) is 11.2 Å². The highest BCUT2D eigenvalue weighted by molar-refractivity contribution is 8.18. The van der Waals surface area contributed by atoms with Crippen molar-refractivity contribution in [1.82, 2.24) is 9.88 Å². The van der Waals surface area contributed by atoms with Gasteiger partial charge in [0.1, 0.15) is 11.5 Å². The van der Waals surface area contributed by atoms with Gasteiger partial charge in [0.15, 0.2) is 5.17 Å². The van der Waals surface area contributed by atoms with Crippen LogP contribution in [0.4, 0.5) is 17.1 Å². The lowest BCUT2D eigenvalue weighted by atomic mass is 10.1. The number of rotatable bonds is 8. The van der Waals surface area contributed by atoms with Gasteiger partial charge in [-0.05, 0) is 60.1 Å². The van der Waals surface area contributed by atoms with E-state index in [9.17, 15) is 25.0 Å². The van der Waals surface area contributed by atoms with Gasteiger partial charge in [-0.15, -0.1) is 0 Å². The molecule has 0 radical (unpaired) electrons. The van der Waals surface area contributed by atoms with Gasteiger partial charge in [-0.3, -0.25) is 29.9 Å². The molecule has 0 atom stereocenters. The fourth-order valence-electron chi connectivity index (χ4n) is 4.64. The second-order valence-corrected chi connectivity index (χ2v) is 10.9. The Balaban J connectivity index is 1.29. The van der Waals surface area contributed by atoms with Crippen molar-refractivity contribution < 1.29 is 19.1 Å². The zero-order valence-corrected chi connectivity index (χ0v) is 23.7. The van der Waals surface area contributed by atoms with E-state index in [1.807, 2.05) is 30.5 Å². The van der Waals surface area contributed by atoms with E-state index in [1.54, 1.807) is 23.1 Å². The minimum atomic E-state index is -0.531. The number of benzene rings is 3. The first-order chi connectivity index (χ1) is 20.8. The number of carbonyl (C=O) groups excluding carboxylic acids is 1. The molecule has 0 saturated carbocycles. The number of aromatic nitrogens is 1. The first-order valence-electron chi connectivity index (χ1n) is 12.9. The van der Waals surface area contributed by atoms with Crippen LogP contribution in [0.5, 0.6) is 0 Å². The Morgan fingerprint density at radius 3 is 2.47 bits per heavy atom. The SMILES string of the molecule is O=C1/C(=C/c2ccc(-c3ccc([N+](=O)[O-])cc3Cl)o2)SC(=Nc2ccc([N+](=O)[O-])cc2)N1CCc1c[nH]c2ccccc12. The molecule has 1 amide bonds. The van der Waals surface area contributed by atoms with Gasteiger partial charge in [0.05, 0.1) is 25.5 Å². The molecule has 1 aliphatic rings. The van der Waals surface area contributed by atoms with Gasteiger partial charge in [-0.25, -0.2) is 4.99 Å². The first kappa shape index (κ1) is 27.9. The molecule has 2 aromatic heterocycles. The molecule has 0 unspecified atom stereocenters. The van der Waals surface area contributed by atoms with Gasteiger partial charge < -0.3 is 9.40 Å². The Morgan fingerprint density at radius 1 is 0.977 bits per heavy atom. The third kappa shape index (κ3) is 5.78. The number of amides is 1. The number of non-ortho nitro benzene ring substituents is 2. The van der Waals surface area contributed by atoms with Crippen molar-refractivity contribution >= 4 is 68.5 Å². The zero-order valence-electron chi connectivity index (χ0n) is 22.1. The summed E-state index contributed by atoms with van der Waals surface area (Å²) in [7, 11) is 0. The Bertz CT molecular complexity index is 1960. The van der Waals surface area contributed by atoms with Crippen LogP contribution < -0.4 is 0 Å². The summed E-state index contributed by atoms with van der Waals surface area (Å²) in [6.07, 6.45) is 4.09. The van der Waals surface area contributed by atoms with Crippen molar-refractivity contribution in [1.29, 1.82) is 0 Å². The molecular weight excluding hydrogens is 594 g/mol. The number of amidine groups is 1. The number of nitrogens with one attached hydrogen (secondary N) is 1. The van der Waals surface area contributed by atoms with Gasteiger partial charge in [-0.1, -0.05) is 29.8 Å². The Hall–Kier alpha value is -5.20. The number of aliphatic imine (C=N–C) groups is 1. The van der Waals surface area contributed by atoms with Gasteiger partial charge in [0.2, 0.25) is 0 Å². The van der Waals surface area contributed by atoms with Crippen LogP contribution in [0.2, 0.25) is 5.02 Å². The minimum Gasteiger partial charge on any atom is -0.457 e. The van der Waals surface area contributed by atoms with E-state index >= 15 is 0 Å². The molecule has 0 bridgehead atoms. The molecule has 1 aliphatic heterocycles. The molecule has 1 N–H and O–H groups in total. The van der Waals surface area contributed by atoms with Gasteiger partial charge in [0, 0.05) is 59.5 Å². The number of nitrogens with zero attached hydrogens (tertiary/aromatic N) is 4. The van der Waals surface area contributed by atoms with Crippen molar-refractivity contribution in [2.45, 2.75) is 6.42 Å². The van der Waals surface area contributed by atoms with Crippen LogP contribution in [0.15, 0.2) is 99.4 Å². The van der Waals surface area contributed by atoms with Gasteiger partial charge in [-0.2, -0.15) is 0 Å². The number of fused-ring (bicyclic) bond motifs is 1. The highest BCUT2D eigenvalue weighted by Crippen LogP contribution is 2.37. The molecule has 3 heterocycles. The van der Waals surface area contributed by atoms with Gasteiger partial charge in [0.25, 0.3) is 17.3 Å². The van der Waals surface area contributed by atoms with Crippen LogP contribution in [-0.4, -0.2) is 37.4 Å². The topological polar surface area (TPSA) is 148 Å². The molecule has 5 aromatic rings. The number of aromatic amines is 1. The Labute approximate surface area is 252 Å². The van der Waals surface area contributed by atoms with E-state index in [4.69, 9.17) is 16.0 Å². The number of thioether (sulfide) groups is 1. The van der Waals surface area contributed by atoms with Crippen LogP contribution in [0, 0.1) is 20.2 Å². The van der Waals surface area contributed by atoms with Gasteiger partial charge >= 0.3 is 0 Å². The summed E-state index contributed by atoms with van der Waals surface area (Å²) in [6.45, 7) is 0.346. The highest BCUT2D eigenvalue weighted by atomic mass is 35.5. The predicted molar refractivity (Wildman–Crippen MR) is 165 cm³/mol. The van der Waals surface area contributed by atoms with Crippen LogP contribution in [0.1, 0.15) is 11.3 Å². The molecule has 1 saturated heterocycles. The molecule has 3 aromatic carbocycles. The number of hydrogen-bond acceptors (Lipinski definition) is 8. The summed E-state index contributed by atoms with van der Waals surface area (Å²) in [6, 6.07) is 21.1. The summed E-state index contributed by atoms with van der Waals surface area (Å²) in [4.78, 5) is 44.6. The lowest BCUT2D eigenvalue weighted by Gasteiger charge is -2.15. The average Bonchev–Trinajstić information content (AvgIpc) is 3.70. The predicted octanol–water partition coefficient (Wildman–Crippen LogP) is 7.74. The van der Waals surface area contributed by atoms with Crippen LogP contribution >= 0.6 is 23.4 Å². The second-order valence-electron chi connectivity index (χ2n) is 9.47. The Kier molecular flexibility index (Phi) is 7.53. The number of furan rings is 1. The highest BCUT2D eigenvalue weighted by Gasteiger charge is 2.33. The Morgan fingerprint density at radius 2 is 1.72 bits per heavy atom. The largest absolute Gasteiger partial charge is 0.457 e. The maximum atomic E-state index is 13.6. The lowest BCUT2D eigenvalue weighted by Crippen LogP contribution is -2.31. The number of nitro groups is 2. The normalized spacial score (nSPS) is 15.2. The third-order valence-corrected chi connectivity index (χ3v) is 8.10. The number of H-pyrrole nitrogens is 1. The van der Waals surface area contributed by atoms with Crippen LogP contribution in [0.25, 0.3) is 28.3 Å². The van der Waals surface area contributed by atoms with Crippen molar-refractivity contribution in [2.75, 3.05) is 6.54 Å². The maximum Gasteiger partial charge on any atom is 0.270 e. The number of carbonyl (C=O) groups is 1. The van der Waals surface area contributed by atoms with E-state index in [2.05, 4.69) is 9.98 Å². The van der Waals surface area contributed by atoms with E-state index < -0.39 is 9.85 Å². The van der Waals surface area contributed by atoms with E-state index in [-0.39, 0.29) is 22.3 Å². The minimum absolute atomic E-state index is 0.0578. The van der Waals surface area contributed by atoms with E-state index in [0.717, 1.165) is 16.5 Å². The van der Waals surface area contributed by atoms with Crippen molar-refractivity contribution in [3.63, 3.8) is 0 Å². The van der Waals surface area contributed by atoms with E-state index in [1.165, 1.54) is 54.2 Å². The molecule has 0 aliphatic carbocycles. The number of halogens is 1. The van der Waals surface area contributed by atoms with E-state index in [0.29, 0.717) is 45.8 Å². The summed E-state index contributed by atoms with van der Waals surface area (Å²) in [5, 5.41) is 23.8. The number of para-hydroxylation sites is 1. The monoisotopic (exact) mass is 613 g/mol. The summed E-state index contributed by atoms with van der Waals surface area (Å²) >= 11 is 7.43. The summed E-state index contributed by atoms with van der Waals surface area (Å²) in [5.74, 6) is 0.503. The standard InChI is InChI=1S/C30H20ClN5O6S/c31-25-15-21(36(40)41)9-11-24(25)27-12-10-22(42-27)16-28-29(37)34(14-13-18-17-32-26-4-2-1-3-23(18)26)30(43-28)33-19-5-7-20(8-6-19)35(38)39/h1-12,15-17,32H,13-14H2/b28-16-,33-30?. The number of nitro benzene ring substituents is 2. The average molecular weight is 614 g/mol. The lowest BCUT2D eigenvalue weighted by molar-refractivity contribution is -0.385. The molecular formula is C30H20ClN5O6S. The van der Waals surface area contributed by atoms with Crippen molar-refractivity contribution in [3.05, 3.63) is 127 Å².